The topological polar surface area (TPSA) is 95.2 Å². The van der Waals surface area contributed by atoms with E-state index in [4.69, 9.17) is 11.6 Å². The van der Waals surface area contributed by atoms with Crippen LogP contribution in [0.5, 0.6) is 0 Å². The minimum absolute atomic E-state index is 0. The van der Waals surface area contributed by atoms with Gasteiger partial charge in [0.2, 0.25) is 0 Å². The van der Waals surface area contributed by atoms with E-state index in [0.29, 0.717) is 16.5 Å². The molecule has 22 heavy (non-hydrogen) atoms. The number of hydrogen-bond donors (Lipinski definition) is 1. The first-order valence-electron chi connectivity index (χ1n) is 6.05. The predicted octanol–water partition coefficient (Wildman–Crippen LogP) is -2.18. The Balaban J connectivity index is 0.00000176. The summed E-state index contributed by atoms with van der Waals surface area (Å²) in [5.41, 5.74) is 1.23. The van der Waals surface area contributed by atoms with Crippen molar-refractivity contribution in [2.45, 2.75) is 6.42 Å². The number of hydrogen-bond acceptors (Lipinski definition) is 6. The van der Waals surface area contributed by atoms with Crippen molar-refractivity contribution in [2.75, 3.05) is 5.32 Å². The molecule has 0 saturated carbocycles. The summed E-state index contributed by atoms with van der Waals surface area (Å²) in [6.45, 7) is 0. The average Bonchev–Trinajstić information content (AvgIpc) is 2.81. The van der Waals surface area contributed by atoms with Gasteiger partial charge >= 0.3 is 18.9 Å². The van der Waals surface area contributed by atoms with Crippen LogP contribution in [0.15, 0.2) is 36.4 Å². The van der Waals surface area contributed by atoms with E-state index >= 15 is 0 Å². The number of nitrogens with one attached hydrogen (secondary N) is 1. The molecule has 0 bridgehead atoms. The van der Waals surface area contributed by atoms with Gasteiger partial charge in [-0.15, -0.1) is 15.3 Å². The maximum atomic E-state index is 10.7. The summed E-state index contributed by atoms with van der Waals surface area (Å²) in [5, 5.41) is 26.2. The number of fused-ring (bicyclic) bond motifs is 1. The zero-order valence-electron chi connectivity index (χ0n) is 11.7. The molecule has 0 unspecified atom stereocenters. The molecule has 106 valence electrons. The fourth-order valence-corrected chi connectivity index (χ4v) is 2.04. The van der Waals surface area contributed by atoms with Crippen LogP contribution in [0.3, 0.4) is 0 Å². The molecule has 3 aromatic rings. The number of nitrogens with zero attached hydrogens (tertiary/aromatic N) is 4. The van der Waals surface area contributed by atoms with Crippen LogP contribution in [0.1, 0.15) is 5.82 Å². The summed E-state index contributed by atoms with van der Waals surface area (Å²) in [7, 11) is 0. The summed E-state index contributed by atoms with van der Waals surface area (Å²) in [5.74, 6) is -0.511. The summed E-state index contributed by atoms with van der Waals surface area (Å²) < 4.78 is 1.36. The SMILES string of the molecule is O=C([O-])Cc1nnc2ccc(Nc3cccc(Cl)c3)nn12.[Li+]. The van der Waals surface area contributed by atoms with Gasteiger partial charge in [-0.2, -0.15) is 4.52 Å². The molecule has 0 aliphatic heterocycles. The van der Waals surface area contributed by atoms with Crippen LogP contribution in [0.2, 0.25) is 5.02 Å². The summed E-state index contributed by atoms with van der Waals surface area (Å²) in [4.78, 5) is 10.7. The van der Waals surface area contributed by atoms with Gasteiger partial charge in [0.15, 0.2) is 17.3 Å². The second kappa shape index (κ2) is 6.79. The number of rotatable bonds is 4. The van der Waals surface area contributed by atoms with Crippen LogP contribution in [0, 0.1) is 0 Å². The van der Waals surface area contributed by atoms with E-state index in [1.54, 1.807) is 24.3 Å². The number of aliphatic carboxylic acids is 1. The monoisotopic (exact) mass is 309 g/mol. The van der Waals surface area contributed by atoms with Gasteiger partial charge in [-0.1, -0.05) is 17.7 Å². The van der Waals surface area contributed by atoms with Crippen LogP contribution in [0.4, 0.5) is 11.5 Å². The van der Waals surface area contributed by atoms with Gasteiger partial charge in [-0.3, -0.25) is 0 Å². The molecule has 7 nitrogen and oxygen atoms in total. The molecule has 0 radical (unpaired) electrons. The van der Waals surface area contributed by atoms with E-state index in [2.05, 4.69) is 20.6 Å². The third-order valence-electron chi connectivity index (χ3n) is 2.73. The van der Waals surface area contributed by atoms with Gasteiger partial charge in [0.25, 0.3) is 0 Å². The van der Waals surface area contributed by atoms with Crippen LogP contribution >= 0.6 is 11.6 Å². The van der Waals surface area contributed by atoms with Gasteiger partial charge in [0, 0.05) is 23.1 Å². The fraction of sp³-hybridized carbons (Fsp3) is 0.0769. The normalized spacial score (nSPS) is 10.2. The largest absolute Gasteiger partial charge is 1.00 e. The Morgan fingerprint density at radius 2 is 2.09 bits per heavy atom. The molecular formula is C13H9ClLiN5O2. The Kier molecular flexibility index (Phi) is 5.03. The quantitative estimate of drug-likeness (QED) is 0.551. The molecule has 1 N–H and O–H groups in total. The second-order valence-corrected chi connectivity index (χ2v) is 4.73. The predicted molar refractivity (Wildman–Crippen MR) is 74.2 cm³/mol. The molecule has 0 atom stereocenters. The third-order valence-corrected chi connectivity index (χ3v) is 2.96. The zero-order chi connectivity index (χ0) is 14.8. The Morgan fingerprint density at radius 3 is 2.82 bits per heavy atom. The zero-order valence-corrected chi connectivity index (χ0v) is 12.4. The van der Waals surface area contributed by atoms with E-state index in [1.807, 2.05) is 12.1 Å². The van der Waals surface area contributed by atoms with Crippen molar-refractivity contribution in [3.63, 3.8) is 0 Å². The number of benzene rings is 1. The van der Waals surface area contributed by atoms with Crippen LogP contribution in [-0.4, -0.2) is 25.8 Å². The van der Waals surface area contributed by atoms with Crippen molar-refractivity contribution in [1.82, 2.24) is 19.8 Å². The minimum Gasteiger partial charge on any atom is -0.550 e. The number of carboxylic acid groups (broad SMARTS) is 1. The van der Waals surface area contributed by atoms with E-state index in [1.165, 1.54) is 4.52 Å². The van der Waals surface area contributed by atoms with Crippen molar-refractivity contribution >= 4 is 34.7 Å². The molecular weight excluding hydrogens is 301 g/mol. The minimum atomic E-state index is -1.24. The molecule has 2 heterocycles. The summed E-state index contributed by atoms with van der Waals surface area (Å²) in [6, 6.07) is 10.6. The van der Waals surface area contributed by atoms with E-state index in [-0.39, 0.29) is 31.1 Å². The summed E-state index contributed by atoms with van der Waals surface area (Å²) >= 11 is 5.91. The number of halogens is 1. The molecule has 0 fully saturated rings. The van der Waals surface area contributed by atoms with E-state index < -0.39 is 5.97 Å². The Labute approximate surface area is 142 Å². The first-order valence-corrected chi connectivity index (χ1v) is 6.43. The van der Waals surface area contributed by atoms with Crippen LogP contribution in [-0.2, 0) is 11.2 Å². The molecule has 0 amide bonds. The summed E-state index contributed by atoms with van der Waals surface area (Å²) in [6.07, 6.45) is -0.352. The van der Waals surface area contributed by atoms with Gasteiger partial charge in [0.05, 0.1) is 0 Å². The van der Waals surface area contributed by atoms with Crippen molar-refractivity contribution in [3.8, 4) is 0 Å². The number of aromatic nitrogens is 4. The number of anilines is 2. The van der Waals surface area contributed by atoms with E-state index in [9.17, 15) is 9.90 Å². The van der Waals surface area contributed by atoms with Gasteiger partial charge in [-0.25, -0.2) is 0 Å². The Bertz CT molecular complexity index is 823. The number of carbonyl (C=O) groups excluding carboxylic acids is 1. The van der Waals surface area contributed by atoms with Crippen LogP contribution in [0.25, 0.3) is 5.65 Å². The molecule has 0 spiro atoms. The molecule has 3 rings (SSSR count). The molecule has 0 aliphatic carbocycles. The Hall–Kier alpha value is -2.07. The van der Waals surface area contributed by atoms with Crippen molar-refractivity contribution in [1.29, 1.82) is 0 Å². The Morgan fingerprint density at radius 1 is 1.27 bits per heavy atom. The molecule has 0 aliphatic rings. The molecule has 0 saturated heterocycles. The first kappa shape index (κ1) is 16.3. The smallest absolute Gasteiger partial charge is 0.550 e. The van der Waals surface area contributed by atoms with Gasteiger partial charge < -0.3 is 15.2 Å². The number of carbonyl (C=O) groups is 1. The maximum absolute atomic E-state index is 10.7. The maximum Gasteiger partial charge on any atom is 1.00 e. The molecule has 2 aromatic heterocycles. The van der Waals surface area contributed by atoms with Crippen molar-refractivity contribution in [2.24, 2.45) is 0 Å². The van der Waals surface area contributed by atoms with Gasteiger partial charge in [0.1, 0.15) is 0 Å². The van der Waals surface area contributed by atoms with E-state index in [0.717, 1.165) is 5.69 Å². The molecule has 1 aromatic carbocycles. The molecule has 9 heteroatoms. The van der Waals surface area contributed by atoms with Crippen molar-refractivity contribution in [3.05, 3.63) is 47.2 Å². The number of carboxylic acids is 1. The average molecular weight is 310 g/mol. The van der Waals surface area contributed by atoms with Gasteiger partial charge in [-0.05, 0) is 30.3 Å². The van der Waals surface area contributed by atoms with Crippen LogP contribution < -0.4 is 29.3 Å². The second-order valence-electron chi connectivity index (χ2n) is 4.29. The fourth-order valence-electron chi connectivity index (χ4n) is 1.85. The first-order chi connectivity index (χ1) is 10.1. The standard InChI is InChI=1S/C13H10ClN5O2.Li/c14-8-2-1-3-9(6-8)15-10-4-5-11-16-17-12(7-13(20)21)19(11)18-10;/h1-6H,7H2,(H,15,18)(H,20,21);/q;+1/p-1. The third kappa shape index (κ3) is 3.57. The van der Waals surface area contributed by atoms with Crippen molar-refractivity contribution < 1.29 is 28.8 Å².